The first kappa shape index (κ1) is 11.6. The summed E-state index contributed by atoms with van der Waals surface area (Å²) in [5, 5.41) is 9.16. The normalized spacial score (nSPS) is 22.2. The molecule has 16 heavy (non-hydrogen) atoms. The van der Waals surface area contributed by atoms with Crippen LogP contribution in [0.1, 0.15) is 18.5 Å². The smallest absolute Gasteiger partial charge is 0.0471 e. The highest BCUT2D eigenvalue weighted by atomic mass is 16.3. The lowest BCUT2D eigenvalue weighted by molar-refractivity contribution is 0.121. The van der Waals surface area contributed by atoms with Gasteiger partial charge in [0.1, 0.15) is 0 Å². The molecule has 1 atom stereocenters. The van der Waals surface area contributed by atoms with Crippen LogP contribution < -0.4 is 0 Å². The van der Waals surface area contributed by atoms with E-state index in [-0.39, 0.29) is 0 Å². The Bertz CT molecular complexity index is 302. The van der Waals surface area contributed by atoms with E-state index < -0.39 is 0 Å². The number of pyridine rings is 1. The highest BCUT2D eigenvalue weighted by Crippen LogP contribution is 2.15. The molecule has 88 valence electrons. The van der Waals surface area contributed by atoms with Gasteiger partial charge in [-0.3, -0.25) is 4.98 Å². The molecule has 1 aliphatic rings. The van der Waals surface area contributed by atoms with Crippen LogP contribution in [0.3, 0.4) is 0 Å². The maximum atomic E-state index is 9.16. The van der Waals surface area contributed by atoms with Crippen LogP contribution in [0.2, 0.25) is 0 Å². The third kappa shape index (κ3) is 3.29. The maximum absolute atomic E-state index is 9.16. The molecule has 0 amide bonds. The molecule has 2 heterocycles. The number of likely N-dealkylation sites (tertiary alicyclic amines) is 1. The summed E-state index contributed by atoms with van der Waals surface area (Å²) < 4.78 is 0. The van der Waals surface area contributed by atoms with Crippen LogP contribution in [0.5, 0.6) is 0 Å². The quantitative estimate of drug-likeness (QED) is 0.831. The summed E-state index contributed by atoms with van der Waals surface area (Å²) in [6.07, 6.45) is 5.26. The molecule has 1 aromatic heterocycles. The molecule has 1 aromatic rings. The molecule has 1 unspecified atom stereocenters. The van der Waals surface area contributed by atoms with E-state index in [2.05, 4.69) is 16.0 Å². The van der Waals surface area contributed by atoms with Crippen molar-refractivity contribution in [1.29, 1.82) is 0 Å². The lowest BCUT2D eigenvalue weighted by Gasteiger charge is -2.31. The monoisotopic (exact) mass is 220 g/mol. The first-order valence-electron chi connectivity index (χ1n) is 6.11. The Morgan fingerprint density at radius 1 is 1.44 bits per heavy atom. The molecule has 0 saturated carbocycles. The molecule has 1 saturated heterocycles. The molecule has 0 spiro atoms. The minimum Gasteiger partial charge on any atom is -0.396 e. The second-order valence-electron chi connectivity index (χ2n) is 4.56. The molecule has 2 rings (SSSR count). The van der Waals surface area contributed by atoms with Crippen molar-refractivity contribution < 1.29 is 5.11 Å². The van der Waals surface area contributed by atoms with Crippen LogP contribution in [0.25, 0.3) is 0 Å². The van der Waals surface area contributed by atoms with Gasteiger partial charge in [0.15, 0.2) is 0 Å². The van der Waals surface area contributed by atoms with Gasteiger partial charge in [-0.15, -0.1) is 0 Å². The van der Waals surface area contributed by atoms with Gasteiger partial charge in [-0.05, 0) is 37.4 Å². The van der Waals surface area contributed by atoms with E-state index in [0.29, 0.717) is 12.5 Å². The van der Waals surface area contributed by atoms with Gasteiger partial charge < -0.3 is 10.0 Å². The van der Waals surface area contributed by atoms with Gasteiger partial charge in [0.05, 0.1) is 0 Å². The first-order chi connectivity index (χ1) is 7.88. The minimum atomic E-state index is 0.333. The van der Waals surface area contributed by atoms with Gasteiger partial charge in [0.2, 0.25) is 0 Å². The topological polar surface area (TPSA) is 36.4 Å². The van der Waals surface area contributed by atoms with Crippen LogP contribution in [0.4, 0.5) is 0 Å². The largest absolute Gasteiger partial charge is 0.396 e. The number of hydrogen-bond acceptors (Lipinski definition) is 3. The zero-order valence-corrected chi connectivity index (χ0v) is 9.68. The number of hydrogen-bond donors (Lipinski definition) is 1. The van der Waals surface area contributed by atoms with E-state index in [1.165, 1.54) is 19.4 Å². The molecule has 0 aromatic carbocycles. The van der Waals surface area contributed by atoms with Crippen molar-refractivity contribution in [2.75, 3.05) is 26.2 Å². The van der Waals surface area contributed by atoms with Crippen molar-refractivity contribution in [1.82, 2.24) is 9.88 Å². The first-order valence-corrected chi connectivity index (χ1v) is 6.11. The Labute approximate surface area is 97.1 Å². The summed E-state index contributed by atoms with van der Waals surface area (Å²) in [7, 11) is 0. The van der Waals surface area contributed by atoms with E-state index in [1.54, 1.807) is 0 Å². The predicted octanol–water partition coefficient (Wildman–Crippen LogP) is 1.33. The van der Waals surface area contributed by atoms with Gasteiger partial charge in [-0.2, -0.15) is 0 Å². The van der Waals surface area contributed by atoms with E-state index in [4.69, 9.17) is 5.11 Å². The molecule has 3 heteroatoms. The number of aromatic nitrogens is 1. The lowest BCUT2D eigenvalue weighted by Crippen LogP contribution is -2.38. The molecule has 1 fully saturated rings. The number of rotatable bonds is 4. The Balaban J connectivity index is 1.77. The summed E-state index contributed by atoms with van der Waals surface area (Å²) in [6, 6.07) is 6.06. The van der Waals surface area contributed by atoms with Crippen molar-refractivity contribution in [2.24, 2.45) is 5.92 Å². The average molecular weight is 220 g/mol. The number of nitrogens with zero attached hydrogens (tertiary/aromatic N) is 2. The van der Waals surface area contributed by atoms with Gasteiger partial charge in [-0.1, -0.05) is 6.07 Å². The summed E-state index contributed by atoms with van der Waals surface area (Å²) in [5.74, 6) is 0.484. The molecule has 1 N–H and O–H groups in total. The van der Waals surface area contributed by atoms with E-state index >= 15 is 0 Å². The van der Waals surface area contributed by atoms with Gasteiger partial charge in [0, 0.05) is 38.0 Å². The minimum absolute atomic E-state index is 0.333. The van der Waals surface area contributed by atoms with Gasteiger partial charge >= 0.3 is 0 Å². The molecule has 0 aliphatic carbocycles. The summed E-state index contributed by atoms with van der Waals surface area (Å²) in [5.41, 5.74) is 1.16. The van der Waals surface area contributed by atoms with E-state index in [9.17, 15) is 0 Å². The highest BCUT2D eigenvalue weighted by molar-refractivity contribution is 5.03. The fourth-order valence-corrected chi connectivity index (χ4v) is 2.32. The molecule has 1 aliphatic heterocycles. The molecular weight excluding hydrogens is 200 g/mol. The Morgan fingerprint density at radius 2 is 2.38 bits per heavy atom. The van der Waals surface area contributed by atoms with Gasteiger partial charge in [-0.25, -0.2) is 0 Å². The maximum Gasteiger partial charge on any atom is 0.0471 e. The summed E-state index contributed by atoms with van der Waals surface area (Å²) >= 11 is 0. The highest BCUT2D eigenvalue weighted by Gasteiger charge is 2.18. The summed E-state index contributed by atoms with van der Waals surface area (Å²) in [6.45, 7) is 3.61. The number of aliphatic hydroxyl groups is 1. The van der Waals surface area contributed by atoms with Crippen LogP contribution >= 0.6 is 0 Å². The van der Waals surface area contributed by atoms with Gasteiger partial charge in [0.25, 0.3) is 0 Å². The van der Waals surface area contributed by atoms with Crippen molar-refractivity contribution in [3.05, 3.63) is 30.1 Å². The fourth-order valence-electron chi connectivity index (χ4n) is 2.32. The molecule has 0 bridgehead atoms. The number of piperidine rings is 1. The van der Waals surface area contributed by atoms with Crippen molar-refractivity contribution in [3.8, 4) is 0 Å². The summed E-state index contributed by atoms with van der Waals surface area (Å²) in [4.78, 5) is 6.77. The molecule has 3 nitrogen and oxygen atoms in total. The van der Waals surface area contributed by atoms with Crippen LogP contribution in [-0.4, -0.2) is 41.2 Å². The SMILES string of the molecule is OCC1CCCN(CCc2ccccn2)C1. The molecule has 0 radical (unpaired) electrons. The Kier molecular flexibility index (Phi) is 4.31. The predicted molar refractivity (Wildman–Crippen MR) is 64.2 cm³/mol. The van der Waals surface area contributed by atoms with Crippen LogP contribution in [-0.2, 0) is 6.42 Å². The number of aliphatic hydroxyl groups excluding tert-OH is 1. The second-order valence-corrected chi connectivity index (χ2v) is 4.56. The fraction of sp³-hybridized carbons (Fsp3) is 0.615. The third-order valence-electron chi connectivity index (χ3n) is 3.27. The van der Waals surface area contributed by atoms with Crippen molar-refractivity contribution >= 4 is 0 Å². The zero-order chi connectivity index (χ0) is 11.2. The van der Waals surface area contributed by atoms with Crippen molar-refractivity contribution in [3.63, 3.8) is 0 Å². The van der Waals surface area contributed by atoms with E-state index in [1.807, 2.05) is 18.3 Å². The zero-order valence-electron chi connectivity index (χ0n) is 9.68. The Morgan fingerprint density at radius 3 is 3.12 bits per heavy atom. The van der Waals surface area contributed by atoms with Crippen LogP contribution in [0, 0.1) is 5.92 Å². The van der Waals surface area contributed by atoms with Crippen molar-refractivity contribution in [2.45, 2.75) is 19.3 Å². The van der Waals surface area contributed by atoms with Crippen LogP contribution in [0.15, 0.2) is 24.4 Å². The third-order valence-corrected chi connectivity index (χ3v) is 3.27. The standard InChI is InChI=1S/C13H20N2O/c16-11-12-4-3-8-15(10-12)9-6-13-5-1-2-7-14-13/h1-2,5,7,12,16H,3-4,6,8-11H2. The molecular formula is C13H20N2O. The van der Waals surface area contributed by atoms with E-state index in [0.717, 1.165) is 25.2 Å². The second kappa shape index (κ2) is 5.97. The average Bonchev–Trinajstić information content (AvgIpc) is 2.38. The lowest BCUT2D eigenvalue weighted by atomic mass is 9.99. The Hall–Kier alpha value is -0.930.